The van der Waals surface area contributed by atoms with Crippen LogP contribution in [0.1, 0.15) is 196 Å². The zero-order valence-electron chi connectivity index (χ0n) is 63.1. The SMILES string of the molecule is CC(C)[C-]=O.CCOC(C)=O.Cc1ccc(NC(=O)[C@H]2CCCN(C(=O)c3c(C)cccc3F)[C@H]2c2ccc(N(C3CCCC3)P(=O)(Cl)Cl)cc2)cc1C(F)(F)F.Cc1ccc(NC(=O)[C@H]2CCCN(C(=O)c3c(C)cccc3F)[C@H]2c2ccc(N(C3CCCC3)P(=O)(O)OC(=O)C(C)C)cc2)cc1C(F)(F)F.[Na+].[OH-]. The summed E-state index contributed by atoms with van der Waals surface area (Å²) in [4.78, 5) is 101. The molecule has 10 rings (SSSR count). The number of hydrogen-bond donors (Lipinski definition) is 3. The predicted molar refractivity (Wildman–Crippen MR) is 402 cm³/mol. The summed E-state index contributed by atoms with van der Waals surface area (Å²) in [6, 6.07) is 26.3. The number of benzene rings is 6. The maximum atomic E-state index is 15.1. The number of carbonyl (C=O) groups is 6. The summed E-state index contributed by atoms with van der Waals surface area (Å²) in [7, 11) is -4.66. The van der Waals surface area contributed by atoms with Gasteiger partial charge in [0.1, 0.15) is 11.6 Å². The number of rotatable bonds is 18. The molecule has 4 fully saturated rings. The summed E-state index contributed by atoms with van der Waals surface area (Å²) < 4.78 is 151. The molecule has 2 saturated heterocycles. The zero-order chi connectivity index (χ0) is 79.9. The monoisotopic (exact) mass is 1630 g/mol. The third kappa shape index (κ3) is 24.4. The molecule has 4 N–H and O–H groups in total. The van der Waals surface area contributed by atoms with E-state index in [4.69, 9.17) is 27.0 Å². The molecule has 594 valence electrons. The van der Waals surface area contributed by atoms with Crippen LogP contribution in [0.5, 0.6) is 0 Å². The van der Waals surface area contributed by atoms with Crippen molar-refractivity contribution in [1.82, 2.24) is 9.80 Å². The molecular formula is C78H92Cl2F8N6NaO13P2-. The molecule has 19 nitrogen and oxygen atoms in total. The van der Waals surface area contributed by atoms with E-state index in [1.54, 1.807) is 115 Å². The first-order valence-corrected chi connectivity index (χ1v) is 40.7. The van der Waals surface area contributed by atoms with E-state index in [1.807, 2.05) is 0 Å². The maximum absolute atomic E-state index is 15.1. The van der Waals surface area contributed by atoms with Crippen molar-refractivity contribution in [1.29, 1.82) is 0 Å². The molecule has 4 aliphatic rings. The Morgan fingerprint density at radius 3 is 1.25 bits per heavy atom. The van der Waals surface area contributed by atoms with Crippen molar-refractivity contribution in [3.8, 4) is 0 Å². The summed E-state index contributed by atoms with van der Waals surface area (Å²) in [6.45, 7) is 16.6. The van der Waals surface area contributed by atoms with E-state index < -0.39 is 114 Å². The molecule has 6 aromatic rings. The number of likely N-dealkylation sites (tertiary alicyclic amines) is 2. The summed E-state index contributed by atoms with van der Waals surface area (Å²) in [5, 5.41) is 5.24. The summed E-state index contributed by atoms with van der Waals surface area (Å²) in [5.41, 5.74) is 0.481. The van der Waals surface area contributed by atoms with Crippen molar-refractivity contribution in [2.75, 3.05) is 39.7 Å². The molecular weight excluding hydrogens is 1540 g/mol. The molecule has 6 aromatic carbocycles. The molecule has 4 amide bonds. The number of ether oxygens (including phenoxy) is 1. The second-order valence-electron chi connectivity index (χ2n) is 27.7. The number of carbonyl (C=O) groups excluding carboxylic acids is 7. The molecule has 0 aromatic heterocycles. The van der Waals surface area contributed by atoms with Crippen molar-refractivity contribution in [2.24, 2.45) is 23.7 Å². The van der Waals surface area contributed by atoms with Gasteiger partial charge >= 0.3 is 67.6 Å². The molecule has 0 spiro atoms. The van der Waals surface area contributed by atoms with Crippen molar-refractivity contribution in [2.45, 2.75) is 183 Å². The normalized spacial score (nSPS) is 17.9. The third-order valence-corrected chi connectivity index (χ3v) is 22.6. The number of halogens is 10. The molecule has 2 saturated carbocycles. The van der Waals surface area contributed by atoms with Crippen LogP contribution < -0.4 is 49.5 Å². The van der Waals surface area contributed by atoms with Gasteiger partial charge in [-0.05, 0) is 203 Å². The third-order valence-electron chi connectivity index (χ3n) is 19.1. The van der Waals surface area contributed by atoms with E-state index in [9.17, 15) is 73.9 Å². The van der Waals surface area contributed by atoms with E-state index >= 15 is 8.78 Å². The Balaban J connectivity index is 0.000000342. The molecule has 32 heteroatoms. The molecule has 110 heavy (non-hydrogen) atoms. The van der Waals surface area contributed by atoms with Crippen LogP contribution in [0.3, 0.4) is 0 Å². The van der Waals surface area contributed by atoms with Gasteiger partial charge < -0.3 is 40.0 Å². The number of piperidine rings is 2. The minimum Gasteiger partial charge on any atom is -0.870 e. The van der Waals surface area contributed by atoms with Crippen molar-refractivity contribution in [3.05, 3.63) is 189 Å². The van der Waals surface area contributed by atoms with Gasteiger partial charge in [-0.1, -0.05) is 114 Å². The largest absolute Gasteiger partial charge is 1.00 e. The average Bonchev–Trinajstić information content (AvgIpc) is 0.816. The Morgan fingerprint density at radius 2 is 0.945 bits per heavy atom. The van der Waals surface area contributed by atoms with Crippen molar-refractivity contribution < 1.29 is 127 Å². The summed E-state index contributed by atoms with van der Waals surface area (Å²) >= 11 is 12.4. The molecule has 2 aliphatic carbocycles. The topological polar surface area (TPSA) is 259 Å². The van der Waals surface area contributed by atoms with Gasteiger partial charge in [0, 0.05) is 54.8 Å². The van der Waals surface area contributed by atoms with Crippen LogP contribution in [-0.4, -0.2) is 93.8 Å². The fourth-order valence-corrected chi connectivity index (χ4v) is 17.8. The van der Waals surface area contributed by atoms with E-state index in [0.717, 1.165) is 50.7 Å². The van der Waals surface area contributed by atoms with Crippen LogP contribution in [0, 0.1) is 63.0 Å². The molecule has 1 unspecified atom stereocenters. The average molecular weight is 1630 g/mol. The van der Waals surface area contributed by atoms with Crippen LogP contribution in [-0.2, 0) is 54.7 Å². The first-order chi connectivity index (χ1) is 50.7. The Hall–Kier alpha value is -7.19. The first-order valence-electron chi connectivity index (χ1n) is 35.7. The van der Waals surface area contributed by atoms with Gasteiger partial charge in [-0.15, -0.1) is 5.92 Å². The van der Waals surface area contributed by atoms with E-state index in [1.165, 1.54) is 88.4 Å². The Morgan fingerprint density at radius 1 is 0.582 bits per heavy atom. The summed E-state index contributed by atoms with van der Waals surface area (Å²) in [5.74, 6) is -11.1. The Kier molecular flexibility index (Phi) is 34.8. The standard InChI is InChI=1S/C37H42F4N3O6P.C33H34Cl2F4N3O3P.C4H8O2.C4H7O.Na.H2O/c1-22(2)36(47)50-51(48,49)44(27-10-5-6-11-27)28-18-15-25(16-19-28)33-29(34(45)42-26-17-14-23(3)30(21-26)37(39,40)41)12-8-20-43(33)35(46)32-24(4)9-7-13-31(32)38;1-20-12-15-23(19-27(20)33(37,38)39)40-31(43)26-10-6-18-41(32(44)29-21(2)7-5-11-28(29)36)30(26)22-13-16-25(17-14-22)42(46(34,35)45)24-8-3-4-9-24;1-3-6-4(2)5;1-4(2)3-5;;/h7,9,13-19,21-22,27,29,33H,5-6,8,10-12,20H2,1-4H3,(H,42,45)(H,48,49);5,7,11-17,19,24,26,30H,3-4,6,8-10,18H2,1-2H3,(H,40,43);3H2,1-2H3;4H,1-2H3;;1H2/q;;;-1;+1;/p-1/t29-,33-;26-,30-;;;;/m00..../s1. The Labute approximate surface area is 668 Å². The van der Waals surface area contributed by atoms with Gasteiger partial charge in [-0.2, -0.15) is 26.3 Å². The van der Waals surface area contributed by atoms with Crippen LogP contribution in [0.25, 0.3) is 0 Å². The molecule has 0 radical (unpaired) electrons. The van der Waals surface area contributed by atoms with Gasteiger partial charge in [0.25, 0.3) is 11.8 Å². The van der Waals surface area contributed by atoms with Gasteiger partial charge in [0.2, 0.25) is 11.8 Å². The van der Waals surface area contributed by atoms with Gasteiger partial charge in [0.15, 0.2) is 0 Å². The fourth-order valence-electron chi connectivity index (χ4n) is 13.9. The van der Waals surface area contributed by atoms with Crippen LogP contribution >= 0.6 is 36.2 Å². The minimum atomic E-state index is -4.66. The number of amides is 4. The van der Waals surface area contributed by atoms with Crippen LogP contribution in [0.4, 0.5) is 57.9 Å². The smallest absolute Gasteiger partial charge is 0.870 e. The number of aryl methyl sites for hydroxylation is 4. The van der Waals surface area contributed by atoms with E-state index in [2.05, 4.69) is 15.4 Å². The number of esters is 1. The van der Waals surface area contributed by atoms with Gasteiger partial charge in [-0.3, -0.25) is 53.9 Å². The number of alkyl halides is 6. The Bertz CT molecular complexity index is 4240. The number of nitrogens with one attached hydrogen (secondary N) is 2. The second-order valence-corrected chi connectivity index (χ2v) is 33.9. The van der Waals surface area contributed by atoms with Gasteiger partial charge in [0.05, 0.1) is 58.7 Å². The molecule has 2 aliphatic heterocycles. The maximum Gasteiger partial charge on any atom is 1.00 e. The van der Waals surface area contributed by atoms with Crippen LogP contribution in [0.15, 0.2) is 121 Å². The summed E-state index contributed by atoms with van der Waals surface area (Å²) in [6.07, 6.45) is 0.141. The number of anilines is 4. The first kappa shape index (κ1) is 93.4. The van der Waals surface area contributed by atoms with Crippen LogP contribution in [0.2, 0.25) is 0 Å². The zero-order valence-corrected chi connectivity index (χ0v) is 68.4. The van der Waals surface area contributed by atoms with Gasteiger partial charge in [-0.25, -0.2) is 13.3 Å². The molecule has 5 atom stereocenters. The second kappa shape index (κ2) is 41.0. The minimum absolute atomic E-state index is 0. The number of nitrogens with zero attached hydrogens (tertiary/aromatic N) is 4. The molecule has 2 heterocycles. The van der Waals surface area contributed by atoms with Crippen molar-refractivity contribution >= 4 is 101 Å². The number of hydrogen-bond acceptors (Lipinski definition) is 12. The quantitative estimate of drug-likeness (QED) is 0.0238. The van der Waals surface area contributed by atoms with E-state index in [-0.39, 0.29) is 112 Å². The fraction of sp³-hybridized carbons (Fsp3) is 0.449. The predicted octanol–water partition coefficient (Wildman–Crippen LogP) is 16.9. The van der Waals surface area contributed by atoms with E-state index in [0.29, 0.717) is 66.7 Å². The molecule has 0 bridgehead atoms. The van der Waals surface area contributed by atoms with Crippen molar-refractivity contribution in [3.63, 3.8) is 0 Å².